The highest BCUT2D eigenvalue weighted by Gasteiger charge is 2.46. The number of nitrogens with zero attached hydrogens (tertiary/aromatic N) is 2. The second-order valence-corrected chi connectivity index (χ2v) is 11.4. The van der Waals surface area contributed by atoms with E-state index >= 15 is 0 Å². The van der Waals surface area contributed by atoms with Crippen LogP contribution in [-0.2, 0) is 9.53 Å². The van der Waals surface area contributed by atoms with Crippen molar-refractivity contribution in [3.63, 3.8) is 0 Å². The first kappa shape index (κ1) is 30.6. The molecule has 0 saturated heterocycles. The maximum Gasteiger partial charge on any atom is 0.434 e. The van der Waals surface area contributed by atoms with Crippen LogP contribution in [0, 0.1) is 3.57 Å². The predicted octanol–water partition coefficient (Wildman–Crippen LogP) is 5.12. The molecule has 3 aromatic carbocycles. The van der Waals surface area contributed by atoms with Crippen molar-refractivity contribution in [1.29, 1.82) is 0 Å². The number of methoxy groups -OCH3 is 3. The molecule has 0 fully saturated rings. The van der Waals surface area contributed by atoms with Gasteiger partial charge in [0.1, 0.15) is 11.8 Å². The Hall–Kier alpha value is -3.85. The molecule has 43 heavy (non-hydrogen) atoms. The lowest BCUT2D eigenvalue weighted by Crippen LogP contribution is -2.41. The lowest BCUT2D eigenvalue weighted by atomic mass is 9.90. The van der Waals surface area contributed by atoms with E-state index in [9.17, 15) is 22.8 Å². The molecule has 5 rings (SSSR count). The van der Waals surface area contributed by atoms with Gasteiger partial charge < -0.3 is 18.9 Å². The normalized spacial score (nSPS) is 15.3. The van der Waals surface area contributed by atoms with Crippen LogP contribution in [0.25, 0.3) is 16.8 Å². The van der Waals surface area contributed by atoms with E-state index < -0.39 is 35.0 Å². The fraction of sp³-hybridized carbons (Fsp3) is 0.233. The number of halogens is 4. The number of esters is 1. The number of allylic oxidation sites excluding steroid dienone is 1. The molecule has 4 aromatic rings. The van der Waals surface area contributed by atoms with E-state index in [1.165, 1.54) is 34.3 Å². The maximum absolute atomic E-state index is 14.6. The Balaban J connectivity index is 1.90. The summed E-state index contributed by atoms with van der Waals surface area (Å²) < 4.78 is 67.3. The summed E-state index contributed by atoms with van der Waals surface area (Å²) in [5.41, 5.74) is -2.12. The number of hydrogen-bond donors (Lipinski definition) is 0. The molecular weight excluding hydrogens is 700 g/mol. The number of benzene rings is 3. The molecule has 1 aromatic heterocycles. The average molecular weight is 724 g/mol. The number of thiazole rings is 1. The number of rotatable bonds is 7. The monoisotopic (exact) mass is 724 g/mol. The number of aromatic nitrogens is 1. The van der Waals surface area contributed by atoms with Crippen LogP contribution in [0.1, 0.15) is 24.1 Å². The fourth-order valence-electron chi connectivity index (χ4n) is 5.02. The molecule has 1 aliphatic heterocycles. The molecule has 0 N–H and O–H groups in total. The van der Waals surface area contributed by atoms with Crippen molar-refractivity contribution in [1.82, 2.24) is 4.57 Å². The van der Waals surface area contributed by atoms with Gasteiger partial charge >= 0.3 is 12.1 Å². The highest BCUT2D eigenvalue weighted by Crippen LogP contribution is 2.43. The van der Waals surface area contributed by atoms with E-state index in [1.807, 2.05) is 0 Å². The second-order valence-electron chi connectivity index (χ2n) is 9.20. The second kappa shape index (κ2) is 12.0. The van der Waals surface area contributed by atoms with Gasteiger partial charge in [-0.1, -0.05) is 41.7 Å². The van der Waals surface area contributed by atoms with E-state index in [0.717, 1.165) is 15.9 Å². The fourth-order valence-corrected chi connectivity index (χ4v) is 6.87. The number of alkyl halides is 3. The number of hydrogen-bond acceptors (Lipinski definition) is 8. The van der Waals surface area contributed by atoms with Gasteiger partial charge in [-0.05, 0) is 70.1 Å². The van der Waals surface area contributed by atoms with Gasteiger partial charge in [-0.3, -0.25) is 9.36 Å². The SMILES string of the molecule is CCOC(=O)C1=C(C(F)(F)F)N=c2s/c(=C\c3cc(I)c(OC)c(OC)c3)c(=O)n2[C@H]1c1c(OC)ccc2ccccc12. The third-order valence-electron chi connectivity index (χ3n) is 6.77. The quantitative estimate of drug-likeness (QED) is 0.194. The van der Waals surface area contributed by atoms with Crippen LogP contribution in [0.5, 0.6) is 17.2 Å². The van der Waals surface area contributed by atoms with Gasteiger partial charge in [0.25, 0.3) is 5.56 Å². The van der Waals surface area contributed by atoms with E-state index in [1.54, 1.807) is 48.5 Å². The van der Waals surface area contributed by atoms with Crippen LogP contribution >= 0.6 is 33.9 Å². The number of carbonyl (C=O) groups excluding carboxylic acids is 1. The summed E-state index contributed by atoms with van der Waals surface area (Å²) >= 11 is 2.84. The first-order chi connectivity index (χ1) is 20.5. The summed E-state index contributed by atoms with van der Waals surface area (Å²) in [6, 6.07) is 12.1. The van der Waals surface area contributed by atoms with Crippen molar-refractivity contribution in [2.24, 2.45) is 4.99 Å². The Morgan fingerprint density at radius 2 is 1.79 bits per heavy atom. The third-order valence-corrected chi connectivity index (χ3v) is 8.56. The molecule has 0 aliphatic carbocycles. The molecule has 0 bridgehead atoms. The maximum atomic E-state index is 14.6. The lowest BCUT2D eigenvalue weighted by molar-refractivity contribution is -0.140. The zero-order valence-electron chi connectivity index (χ0n) is 23.2. The van der Waals surface area contributed by atoms with Crippen molar-refractivity contribution in [3.05, 3.63) is 94.2 Å². The van der Waals surface area contributed by atoms with Crippen molar-refractivity contribution in [2.75, 3.05) is 27.9 Å². The van der Waals surface area contributed by atoms with Crippen molar-refractivity contribution in [3.8, 4) is 17.2 Å². The average Bonchev–Trinajstić information content (AvgIpc) is 3.29. The Kier molecular flexibility index (Phi) is 8.56. The van der Waals surface area contributed by atoms with Crippen molar-refractivity contribution in [2.45, 2.75) is 19.1 Å². The van der Waals surface area contributed by atoms with E-state index in [2.05, 4.69) is 27.6 Å². The molecule has 2 heterocycles. The third kappa shape index (κ3) is 5.51. The number of carbonyl (C=O) groups is 1. The molecule has 1 atom stereocenters. The molecule has 0 unspecified atom stereocenters. The van der Waals surface area contributed by atoms with Crippen LogP contribution in [0.4, 0.5) is 13.2 Å². The zero-order chi connectivity index (χ0) is 31.1. The standard InChI is InChI=1S/C30H24F3IN2O6S/c1-5-42-28(38)23-24(22-17-9-7-6-8-16(17)10-11-19(22)39-2)36-27(37)21(43-29(36)35-26(23)30(31,32)33)14-15-12-18(34)25(41-4)20(13-15)40-3/h6-14,24H,5H2,1-4H3/b21-14-/t24-/m0/s1. The Labute approximate surface area is 260 Å². The molecular formula is C30H24F3IN2O6S. The van der Waals surface area contributed by atoms with Gasteiger partial charge in [0, 0.05) is 5.56 Å². The van der Waals surface area contributed by atoms with Crippen LogP contribution < -0.4 is 29.1 Å². The Morgan fingerprint density at radius 1 is 1.07 bits per heavy atom. The minimum Gasteiger partial charge on any atom is -0.496 e. The van der Waals surface area contributed by atoms with Gasteiger partial charge in [-0.15, -0.1) is 0 Å². The van der Waals surface area contributed by atoms with Gasteiger partial charge in [0.15, 0.2) is 22.0 Å². The molecule has 0 spiro atoms. The molecule has 0 saturated carbocycles. The van der Waals surface area contributed by atoms with E-state index in [-0.39, 0.29) is 27.3 Å². The molecule has 224 valence electrons. The topological polar surface area (TPSA) is 88.4 Å². The molecule has 13 heteroatoms. The predicted molar refractivity (Wildman–Crippen MR) is 164 cm³/mol. The van der Waals surface area contributed by atoms with Crippen LogP contribution in [0.15, 0.2) is 69.6 Å². The summed E-state index contributed by atoms with van der Waals surface area (Å²) in [6.07, 6.45) is -3.50. The first-order valence-electron chi connectivity index (χ1n) is 12.8. The van der Waals surface area contributed by atoms with Crippen molar-refractivity contribution < 1.29 is 36.9 Å². The molecule has 8 nitrogen and oxygen atoms in total. The highest BCUT2D eigenvalue weighted by molar-refractivity contribution is 14.1. The van der Waals surface area contributed by atoms with E-state index in [4.69, 9.17) is 18.9 Å². The molecule has 0 radical (unpaired) electrons. The van der Waals surface area contributed by atoms with Crippen molar-refractivity contribution >= 4 is 56.7 Å². The van der Waals surface area contributed by atoms with Crippen LogP contribution in [0.2, 0.25) is 0 Å². The van der Waals surface area contributed by atoms with Gasteiger partial charge in [0.2, 0.25) is 0 Å². The molecule has 1 aliphatic rings. The number of ether oxygens (including phenoxy) is 4. The smallest absolute Gasteiger partial charge is 0.434 e. The van der Waals surface area contributed by atoms with Crippen LogP contribution in [0.3, 0.4) is 0 Å². The lowest BCUT2D eigenvalue weighted by Gasteiger charge is -2.28. The number of fused-ring (bicyclic) bond motifs is 2. The summed E-state index contributed by atoms with van der Waals surface area (Å²) in [4.78, 5) is 31.1. The van der Waals surface area contributed by atoms with Crippen LogP contribution in [-0.4, -0.2) is 44.6 Å². The summed E-state index contributed by atoms with van der Waals surface area (Å²) in [5, 5.41) is 1.18. The summed E-state index contributed by atoms with van der Waals surface area (Å²) in [6.45, 7) is 1.30. The first-order valence-corrected chi connectivity index (χ1v) is 14.7. The summed E-state index contributed by atoms with van der Waals surface area (Å²) in [7, 11) is 4.34. The highest BCUT2D eigenvalue weighted by atomic mass is 127. The summed E-state index contributed by atoms with van der Waals surface area (Å²) in [5.74, 6) is -0.130. The molecule has 0 amide bonds. The largest absolute Gasteiger partial charge is 0.496 e. The minimum absolute atomic E-state index is 0.0950. The van der Waals surface area contributed by atoms with Gasteiger partial charge in [-0.2, -0.15) is 13.2 Å². The Morgan fingerprint density at radius 3 is 2.44 bits per heavy atom. The zero-order valence-corrected chi connectivity index (χ0v) is 26.2. The minimum atomic E-state index is -5.03. The van der Waals surface area contributed by atoms with Gasteiger partial charge in [-0.25, -0.2) is 9.79 Å². The Bertz CT molecular complexity index is 1970. The van der Waals surface area contributed by atoms with Gasteiger partial charge in [0.05, 0.1) is 41.6 Å². The van der Waals surface area contributed by atoms with E-state index in [0.29, 0.717) is 31.4 Å².